The van der Waals surface area contributed by atoms with Gasteiger partial charge in [0, 0.05) is 24.5 Å². The summed E-state index contributed by atoms with van der Waals surface area (Å²) < 4.78 is 31.6. The molecule has 0 spiro atoms. The van der Waals surface area contributed by atoms with E-state index in [1.165, 1.54) is 15.6 Å². The van der Waals surface area contributed by atoms with Gasteiger partial charge in [-0.3, -0.25) is 0 Å². The molecular formula is C10H16N2O4S2. The van der Waals surface area contributed by atoms with Crippen LogP contribution in [0.4, 0.5) is 0 Å². The summed E-state index contributed by atoms with van der Waals surface area (Å²) >= 11 is 1.18. The first-order valence-electron chi connectivity index (χ1n) is 5.59. The molecule has 1 saturated heterocycles. The lowest BCUT2D eigenvalue weighted by molar-refractivity contribution is -0.0304. The lowest BCUT2D eigenvalue weighted by atomic mass is 10.3. The molecule has 2 heterocycles. The number of aliphatic hydroxyl groups is 1. The quantitative estimate of drug-likeness (QED) is 0.787. The molecule has 18 heavy (non-hydrogen) atoms. The Hall–Kier alpha value is -0.510. The van der Waals surface area contributed by atoms with Gasteiger partial charge in [-0.15, -0.1) is 11.3 Å². The van der Waals surface area contributed by atoms with Crippen molar-refractivity contribution >= 4 is 21.4 Å². The first kappa shape index (κ1) is 13.9. The van der Waals surface area contributed by atoms with E-state index in [9.17, 15) is 8.42 Å². The summed E-state index contributed by atoms with van der Waals surface area (Å²) in [5.74, 6) is 0. The minimum atomic E-state index is -3.49. The number of thiophene rings is 1. The maximum absolute atomic E-state index is 12.3. The van der Waals surface area contributed by atoms with Gasteiger partial charge in [-0.05, 0) is 12.1 Å². The Balaban J connectivity index is 2.19. The van der Waals surface area contributed by atoms with Crippen molar-refractivity contribution in [3.05, 3.63) is 17.0 Å². The van der Waals surface area contributed by atoms with Gasteiger partial charge >= 0.3 is 0 Å². The Morgan fingerprint density at radius 3 is 2.94 bits per heavy atom. The normalized spacial score (nSPS) is 22.2. The van der Waals surface area contributed by atoms with Crippen LogP contribution in [-0.4, -0.2) is 50.2 Å². The third kappa shape index (κ3) is 2.73. The van der Waals surface area contributed by atoms with Crippen LogP contribution in [0.2, 0.25) is 0 Å². The number of morpholine rings is 1. The van der Waals surface area contributed by atoms with Crippen molar-refractivity contribution in [3.8, 4) is 0 Å². The minimum absolute atomic E-state index is 0.176. The van der Waals surface area contributed by atoms with E-state index in [1.54, 1.807) is 12.1 Å². The number of nitrogens with two attached hydrogens (primary N) is 1. The summed E-state index contributed by atoms with van der Waals surface area (Å²) in [5.41, 5.74) is 5.48. The van der Waals surface area contributed by atoms with Crippen LogP contribution in [0.1, 0.15) is 4.88 Å². The lowest BCUT2D eigenvalue weighted by Crippen LogP contribution is -2.46. The van der Waals surface area contributed by atoms with Gasteiger partial charge in [-0.25, -0.2) is 8.42 Å². The van der Waals surface area contributed by atoms with E-state index in [-0.39, 0.29) is 13.2 Å². The standard InChI is InChI=1S/C10H16N2O4S2/c11-5-9-1-2-10(17-9)18(14,15)12-3-4-16-8(6-12)7-13/h1-2,8,13H,3-7,11H2. The molecule has 0 radical (unpaired) electrons. The largest absolute Gasteiger partial charge is 0.394 e. The smallest absolute Gasteiger partial charge is 0.252 e. The zero-order valence-corrected chi connectivity index (χ0v) is 11.4. The highest BCUT2D eigenvalue weighted by Gasteiger charge is 2.31. The van der Waals surface area contributed by atoms with Gasteiger partial charge in [0.25, 0.3) is 10.0 Å². The molecule has 1 aliphatic heterocycles. The average Bonchev–Trinajstić information content (AvgIpc) is 2.88. The maximum atomic E-state index is 12.3. The number of aliphatic hydroxyl groups excluding tert-OH is 1. The Morgan fingerprint density at radius 2 is 2.33 bits per heavy atom. The molecule has 102 valence electrons. The van der Waals surface area contributed by atoms with E-state index in [0.29, 0.717) is 23.9 Å². The average molecular weight is 292 g/mol. The van der Waals surface area contributed by atoms with Crippen LogP contribution in [-0.2, 0) is 21.3 Å². The van der Waals surface area contributed by atoms with Crippen molar-refractivity contribution in [1.29, 1.82) is 0 Å². The monoisotopic (exact) mass is 292 g/mol. The van der Waals surface area contributed by atoms with Crippen molar-refractivity contribution in [3.63, 3.8) is 0 Å². The third-order valence-corrected chi connectivity index (χ3v) is 6.18. The molecule has 2 rings (SSSR count). The molecule has 0 saturated carbocycles. The summed E-state index contributed by atoms with van der Waals surface area (Å²) in [6, 6.07) is 3.30. The molecule has 1 atom stereocenters. The van der Waals surface area contributed by atoms with Crippen molar-refractivity contribution in [2.24, 2.45) is 5.73 Å². The highest BCUT2D eigenvalue weighted by molar-refractivity contribution is 7.91. The molecule has 1 unspecified atom stereocenters. The topological polar surface area (TPSA) is 92.9 Å². The number of rotatable bonds is 4. The minimum Gasteiger partial charge on any atom is -0.394 e. The second-order valence-electron chi connectivity index (χ2n) is 3.96. The number of sulfonamides is 1. The van der Waals surface area contributed by atoms with Crippen molar-refractivity contribution in [1.82, 2.24) is 4.31 Å². The molecule has 1 fully saturated rings. The van der Waals surface area contributed by atoms with Gasteiger partial charge < -0.3 is 15.6 Å². The van der Waals surface area contributed by atoms with Crippen LogP contribution < -0.4 is 5.73 Å². The van der Waals surface area contributed by atoms with Crippen LogP contribution in [0.25, 0.3) is 0 Å². The first-order chi connectivity index (χ1) is 8.57. The third-order valence-electron chi connectivity index (χ3n) is 2.74. The van der Waals surface area contributed by atoms with Gasteiger partial charge in [-0.2, -0.15) is 4.31 Å². The van der Waals surface area contributed by atoms with E-state index in [4.69, 9.17) is 15.6 Å². The molecule has 0 aromatic carbocycles. The summed E-state index contributed by atoms with van der Waals surface area (Å²) in [7, 11) is -3.49. The van der Waals surface area contributed by atoms with Gasteiger partial charge in [0.1, 0.15) is 4.21 Å². The number of hydrogen-bond donors (Lipinski definition) is 2. The van der Waals surface area contributed by atoms with E-state index in [2.05, 4.69) is 0 Å². The Morgan fingerprint density at radius 1 is 1.56 bits per heavy atom. The molecule has 0 aliphatic carbocycles. The number of nitrogens with zero attached hydrogens (tertiary/aromatic N) is 1. The summed E-state index contributed by atoms with van der Waals surface area (Å²) in [4.78, 5) is 0.834. The molecule has 3 N–H and O–H groups in total. The van der Waals surface area contributed by atoms with Crippen LogP contribution in [0, 0.1) is 0 Å². The molecular weight excluding hydrogens is 276 g/mol. The fraction of sp³-hybridized carbons (Fsp3) is 0.600. The fourth-order valence-electron chi connectivity index (χ4n) is 1.75. The molecule has 8 heteroatoms. The fourth-order valence-corrected chi connectivity index (χ4v) is 4.60. The summed E-state index contributed by atoms with van der Waals surface area (Å²) in [5, 5.41) is 9.03. The first-order valence-corrected chi connectivity index (χ1v) is 7.85. The highest BCUT2D eigenvalue weighted by Crippen LogP contribution is 2.25. The van der Waals surface area contributed by atoms with Gasteiger partial charge in [-0.1, -0.05) is 0 Å². The van der Waals surface area contributed by atoms with Crippen LogP contribution in [0.15, 0.2) is 16.3 Å². The Kier molecular flexibility index (Phi) is 4.36. The van der Waals surface area contributed by atoms with Gasteiger partial charge in [0.15, 0.2) is 0 Å². The SMILES string of the molecule is NCc1ccc(S(=O)(=O)N2CCOC(CO)C2)s1. The molecule has 1 aliphatic rings. The molecule has 0 bridgehead atoms. The number of ether oxygens (including phenoxy) is 1. The van der Waals surface area contributed by atoms with Crippen molar-refractivity contribution < 1.29 is 18.3 Å². The number of hydrogen-bond acceptors (Lipinski definition) is 6. The second-order valence-corrected chi connectivity index (χ2v) is 7.30. The summed E-state index contributed by atoms with van der Waals surface area (Å²) in [6.45, 7) is 0.968. The summed E-state index contributed by atoms with van der Waals surface area (Å²) in [6.07, 6.45) is -0.442. The van der Waals surface area contributed by atoms with Crippen LogP contribution in [0.3, 0.4) is 0 Å². The Labute approximate surface area is 110 Å². The predicted octanol–water partition coefficient (Wildman–Crippen LogP) is -0.411. The molecule has 1 aromatic rings. The zero-order valence-electron chi connectivity index (χ0n) is 9.78. The maximum Gasteiger partial charge on any atom is 0.252 e. The van der Waals surface area contributed by atoms with Gasteiger partial charge in [0.2, 0.25) is 0 Å². The zero-order chi connectivity index (χ0) is 13.2. The van der Waals surface area contributed by atoms with Crippen LogP contribution >= 0.6 is 11.3 Å². The van der Waals surface area contributed by atoms with E-state index < -0.39 is 16.1 Å². The predicted molar refractivity (Wildman–Crippen MR) is 67.8 cm³/mol. The van der Waals surface area contributed by atoms with Crippen LogP contribution in [0.5, 0.6) is 0 Å². The van der Waals surface area contributed by atoms with Crippen molar-refractivity contribution in [2.45, 2.75) is 16.9 Å². The van der Waals surface area contributed by atoms with Gasteiger partial charge in [0.05, 0.1) is 19.3 Å². The highest BCUT2D eigenvalue weighted by atomic mass is 32.2. The van der Waals surface area contributed by atoms with E-state index in [1.807, 2.05) is 0 Å². The second kappa shape index (κ2) is 5.64. The molecule has 1 aromatic heterocycles. The van der Waals surface area contributed by atoms with E-state index in [0.717, 1.165) is 4.88 Å². The Bertz CT molecular complexity index is 500. The van der Waals surface area contributed by atoms with Crippen molar-refractivity contribution in [2.75, 3.05) is 26.3 Å². The van der Waals surface area contributed by atoms with E-state index >= 15 is 0 Å². The lowest BCUT2D eigenvalue weighted by Gasteiger charge is -2.30. The molecule has 0 amide bonds. The molecule has 6 nitrogen and oxygen atoms in total.